The highest BCUT2D eigenvalue weighted by atomic mass is 16.5. The Balaban J connectivity index is 2.10. The smallest absolute Gasteiger partial charge is 0.335 e. The van der Waals surface area contributed by atoms with E-state index < -0.39 is 6.23 Å². The lowest BCUT2D eigenvalue weighted by molar-refractivity contribution is -0.136. The first kappa shape index (κ1) is 14.4. The molecule has 0 aliphatic carbocycles. The number of rotatable bonds is 4. The molecule has 0 saturated carbocycles. The molecule has 1 unspecified atom stereocenters. The van der Waals surface area contributed by atoms with E-state index in [2.05, 4.69) is 0 Å². The Morgan fingerprint density at radius 1 is 1.35 bits per heavy atom. The number of esters is 1. The summed E-state index contributed by atoms with van der Waals surface area (Å²) in [6.07, 6.45) is 2.17. The van der Waals surface area contributed by atoms with E-state index in [0.29, 0.717) is 25.0 Å². The molecule has 1 aliphatic rings. The summed E-state index contributed by atoms with van der Waals surface area (Å²) in [5.74, 6) is 0.454. The van der Waals surface area contributed by atoms with Crippen LogP contribution in [0.4, 0.5) is 0 Å². The molecule has 2 rings (SSSR count). The minimum atomic E-state index is -0.578. The highest BCUT2D eigenvalue weighted by Gasteiger charge is 2.23. The quantitative estimate of drug-likeness (QED) is 0.848. The molecule has 0 saturated heterocycles. The van der Waals surface area contributed by atoms with E-state index in [0.717, 1.165) is 11.3 Å². The van der Waals surface area contributed by atoms with Gasteiger partial charge in [-0.15, -0.1) is 0 Å². The van der Waals surface area contributed by atoms with Gasteiger partial charge >= 0.3 is 5.97 Å². The van der Waals surface area contributed by atoms with Gasteiger partial charge in [0.2, 0.25) is 0 Å². The van der Waals surface area contributed by atoms with Crippen molar-refractivity contribution in [2.45, 2.75) is 25.6 Å². The summed E-state index contributed by atoms with van der Waals surface area (Å²) in [4.78, 5) is 13.3. The van der Waals surface area contributed by atoms with Gasteiger partial charge < -0.3 is 19.5 Å². The van der Waals surface area contributed by atoms with Gasteiger partial charge in [0.25, 0.3) is 0 Å². The molecule has 1 aromatic rings. The molecule has 5 nitrogen and oxygen atoms in total. The first-order chi connectivity index (χ1) is 9.63. The van der Waals surface area contributed by atoms with Crippen molar-refractivity contribution in [3.63, 3.8) is 0 Å². The molecule has 0 spiro atoms. The number of benzene rings is 1. The number of aliphatic hydroxyl groups excluding tert-OH is 1. The molecule has 20 heavy (non-hydrogen) atoms. The Morgan fingerprint density at radius 3 is 2.65 bits per heavy atom. The molecule has 1 N–H and O–H groups in total. The maximum atomic E-state index is 11.5. The zero-order valence-corrected chi connectivity index (χ0v) is 11.7. The van der Waals surface area contributed by atoms with Gasteiger partial charge in [-0.3, -0.25) is 0 Å². The van der Waals surface area contributed by atoms with Crippen LogP contribution in [0.3, 0.4) is 0 Å². The first-order valence-corrected chi connectivity index (χ1v) is 6.50. The van der Waals surface area contributed by atoms with Crippen LogP contribution in [0.1, 0.15) is 18.4 Å². The van der Waals surface area contributed by atoms with Crippen LogP contribution in [0, 0.1) is 0 Å². The number of carbonyl (C=O) groups is 1. The molecule has 1 heterocycles. The summed E-state index contributed by atoms with van der Waals surface area (Å²) >= 11 is 0. The Morgan fingerprint density at radius 2 is 2.05 bits per heavy atom. The fourth-order valence-electron chi connectivity index (χ4n) is 2.18. The van der Waals surface area contributed by atoms with Crippen LogP contribution >= 0.6 is 0 Å². The first-order valence-electron chi connectivity index (χ1n) is 6.50. The Bertz CT molecular complexity index is 495. The SMILES string of the molecule is COC(=O)C1=CN(Cc2ccc(OC)cc2)C(O)CC1. The Hall–Kier alpha value is -2.01. The number of ether oxygens (including phenoxy) is 2. The van der Waals surface area contributed by atoms with Crippen molar-refractivity contribution in [3.8, 4) is 5.75 Å². The summed E-state index contributed by atoms with van der Waals surface area (Å²) in [5.41, 5.74) is 1.62. The highest BCUT2D eigenvalue weighted by Crippen LogP contribution is 2.22. The van der Waals surface area contributed by atoms with Crippen LogP contribution in [0.2, 0.25) is 0 Å². The zero-order chi connectivity index (χ0) is 14.5. The normalized spacial score (nSPS) is 18.4. The van der Waals surface area contributed by atoms with Gasteiger partial charge in [0.15, 0.2) is 0 Å². The second-order valence-corrected chi connectivity index (χ2v) is 4.69. The van der Waals surface area contributed by atoms with Crippen LogP contribution < -0.4 is 4.74 Å². The van der Waals surface area contributed by atoms with Crippen molar-refractivity contribution in [1.29, 1.82) is 0 Å². The van der Waals surface area contributed by atoms with Gasteiger partial charge in [0.1, 0.15) is 12.0 Å². The largest absolute Gasteiger partial charge is 0.497 e. The number of nitrogens with zero attached hydrogens (tertiary/aromatic N) is 1. The fourth-order valence-corrected chi connectivity index (χ4v) is 2.18. The molecular formula is C15H19NO4. The van der Waals surface area contributed by atoms with E-state index in [9.17, 15) is 9.90 Å². The van der Waals surface area contributed by atoms with Crippen molar-refractivity contribution in [3.05, 3.63) is 41.6 Å². The fraction of sp³-hybridized carbons (Fsp3) is 0.400. The summed E-state index contributed by atoms with van der Waals surface area (Å²) < 4.78 is 9.83. The lowest BCUT2D eigenvalue weighted by Gasteiger charge is -2.31. The molecular weight excluding hydrogens is 258 g/mol. The molecule has 0 radical (unpaired) electrons. The van der Waals surface area contributed by atoms with Crippen molar-refractivity contribution in [1.82, 2.24) is 4.90 Å². The van der Waals surface area contributed by atoms with Gasteiger partial charge in [0.05, 0.1) is 19.8 Å². The predicted molar refractivity (Wildman–Crippen MR) is 73.9 cm³/mol. The Labute approximate surface area is 118 Å². The molecule has 1 atom stereocenters. The van der Waals surface area contributed by atoms with E-state index in [1.165, 1.54) is 7.11 Å². The van der Waals surface area contributed by atoms with Gasteiger partial charge in [-0.1, -0.05) is 12.1 Å². The number of methoxy groups -OCH3 is 2. The number of hydrogen-bond acceptors (Lipinski definition) is 5. The van der Waals surface area contributed by atoms with E-state index in [-0.39, 0.29) is 5.97 Å². The third-order valence-corrected chi connectivity index (χ3v) is 3.35. The maximum Gasteiger partial charge on any atom is 0.335 e. The molecule has 0 amide bonds. The van der Waals surface area contributed by atoms with Gasteiger partial charge in [-0.25, -0.2) is 4.79 Å². The van der Waals surface area contributed by atoms with E-state index in [1.807, 2.05) is 24.3 Å². The molecule has 5 heteroatoms. The average Bonchev–Trinajstić information content (AvgIpc) is 2.49. The standard InChI is InChI=1S/C15H19NO4/c1-19-13-6-3-11(4-7-13)9-16-10-12(15(18)20-2)5-8-14(16)17/h3-4,6-7,10,14,17H,5,8-9H2,1-2H3. The van der Waals surface area contributed by atoms with Crippen LogP contribution in [-0.4, -0.2) is 36.4 Å². The monoisotopic (exact) mass is 277 g/mol. The van der Waals surface area contributed by atoms with Gasteiger partial charge in [-0.05, 0) is 30.5 Å². The van der Waals surface area contributed by atoms with Crippen molar-refractivity contribution >= 4 is 5.97 Å². The summed E-state index contributed by atoms with van der Waals surface area (Å²) in [5, 5.41) is 10.0. The lowest BCUT2D eigenvalue weighted by Crippen LogP contribution is -2.34. The number of hydrogen-bond donors (Lipinski definition) is 1. The zero-order valence-electron chi connectivity index (χ0n) is 11.7. The van der Waals surface area contributed by atoms with E-state index in [1.54, 1.807) is 18.2 Å². The molecule has 108 valence electrons. The minimum Gasteiger partial charge on any atom is -0.497 e. The predicted octanol–water partition coefficient (Wildman–Crippen LogP) is 1.67. The summed E-state index contributed by atoms with van der Waals surface area (Å²) in [6, 6.07) is 7.62. The summed E-state index contributed by atoms with van der Waals surface area (Å²) in [6.45, 7) is 0.533. The third-order valence-electron chi connectivity index (χ3n) is 3.35. The highest BCUT2D eigenvalue weighted by molar-refractivity contribution is 5.88. The molecule has 0 bridgehead atoms. The second-order valence-electron chi connectivity index (χ2n) is 4.69. The molecule has 0 fully saturated rings. The summed E-state index contributed by atoms with van der Waals surface area (Å²) in [7, 11) is 2.98. The Kier molecular flexibility index (Phi) is 4.63. The molecule has 1 aliphatic heterocycles. The number of aliphatic hydroxyl groups is 1. The van der Waals surface area contributed by atoms with Crippen molar-refractivity contribution in [2.24, 2.45) is 0 Å². The van der Waals surface area contributed by atoms with Crippen LogP contribution in [-0.2, 0) is 16.1 Å². The van der Waals surface area contributed by atoms with E-state index >= 15 is 0 Å². The second kappa shape index (κ2) is 6.43. The molecule has 0 aromatic heterocycles. The van der Waals surface area contributed by atoms with Crippen LogP contribution in [0.15, 0.2) is 36.0 Å². The third kappa shape index (κ3) is 3.30. The number of carbonyl (C=O) groups excluding carboxylic acids is 1. The lowest BCUT2D eigenvalue weighted by atomic mass is 10.1. The minimum absolute atomic E-state index is 0.336. The van der Waals surface area contributed by atoms with Crippen LogP contribution in [0.5, 0.6) is 5.75 Å². The van der Waals surface area contributed by atoms with Gasteiger partial charge in [0, 0.05) is 12.7 Å². The van der Waals surface area contributed by atoms with Crippen molar-refractivity contribution < 1.29 is 19.4 Å². The van der Waals surface area contributed by atoms with E-state index in [4.69, 9.17) is 9.47 Å². The van der Waals surface area contributed by atoms with Crippen LogP contribution in [0.25, 0.3) is 0 Å². The topological polar surface area (TPSA) is 59.0 Å². The van der Waals surface area contributed by atoms with Gasteiger partial charge in [-0.2, -0.15) is 0 Å². The maximum absolute atomic E-state index is 11.5. The average molecular weight is 277 g/mol. The molecule has 1 aromatic carbocycles. The van der Waals surface area contributed by atoms with Crippen molar-refractivity contribution in [2.75, 3.05) is 14.2 Å².